The second-order valence-electron chi connectivity index (χ2n) is 4.14. The molecule has 20 heavy (non-hydrogen) atoms. The van der Waals surface area contributed by atoms with Crippen molar-refractivity contribution in [3.8, 4) is 0 Å². The lowest BCUT2D eigenvalue weighted by Gasteiger charge is -2.07. The lowest BCUT2D eigenvalue weighted by atomic mass is 10.2. The molecule has 0 aliphatic rings. The second-order valence-corrected chi connectivity index (χ2v) is 4.14. The number of benzene rings is 1. The summed E-state index contributed by atoms with van der Waals surface area (Å²) in [6.07, 6.45) is 3.05. The zero-order valence-corrected chi connectivity index (χ0v) is 10.4. The van der Waals surface area contributed by atoms with Gasteiger partial charge in [0.15, 0.2) is 5.43 Å². The Balaban J connectivity index is 1.99. The number of carbonyl (C=O) groups excluding carboxylic acids is 1. The molecule has 0 saturated heterocycles. The van der Waals surface area contributed by atoms with E-state index in [0.717, 1.165) is 0 Å². The van der Waals surface area contributed by atoms with Gasteiger partial charge in [0, 0.05) is 30.2 Å². The summed E-state index contributed by atoms with van der Waals surface area (Å²) < 4.78 is 1.57. The SMILES string of the molecule is O=C(Cn1ccc(=O)cc1)Nc1ccc(C(=O)O)cc1. The van der Waals surface area contributed by atoms with Crippen LogP contribution in [0.15, 0.2) is 53.6 Å². The number of amides is 1. The van der Waals surface area contributed by atoms with Crippen molar-refractivity contribution < 1.29 is 14.7 Å². The van der Waals surface area contributed by atoms with Crippen LogP contribution in [0, 0.1) is 0 Å². The summed E-state index contributed by atoms with van der Waals surface area (Å²) in [5.74, 6) is -1.28. The molecule has 1 heterocycles. The fraction of sp³-hybridized carbons (Fsp3) is 0.0714. The number of carboxylic acids is 1. The number of anilines is 1. The van der Waals surface area contributed by atoms with E-state index in [1.807, 2.05) is 0 Å². The van der Waals surface area contributed by atoms with E-state index >= 15 is 0 Å². The van der Waals surface area contributed by atoms with E-state index in [4.69, 9.17) is 5.11 Å². The van der Waals surface area contributed by atoms with Crippen molar-refractivity contribution in [2.75, 3.05) is 5.32 Å². The molecule has 2 rings (SSSR count). The standard InChI is InChI=1S/C14H12N2O4/c17-12-5-7-16(8-6-12)9-13(18)15-11-3-1-10(2-4-11)14(19)20/h1-8H,9H2,(H,15,18)(H,19,20). The Bertz CT molecular complexity index is 669. The van der Waals surface area contributed by atoms with Crippen molar-refractivity contribution in [2.45, 2.75) is 6.54 Å². The molecule has 0 atom stereocenters. The maximum Gasteiger partial charge on any atom is 0.335 e. The molecule has 1 aromatic carbocycles. The summed E-state index contributed by atoms with van der Waals surface area (Å²) in [6.45, 7) is 0.0704. The van der Waals surface area contributed by atoms with Crippen LogP contribution in [0.2, 0.25) is 0 Å². The average Bonchev–Trinajstić information content (AvgIpc) is 2.42. The van der Waals surface area contributed by atoms with Gasteiger partial charge in [0.1, 0.15) is 6.54 Å². The Hall–Kier alpha value is -2.89. The average molecular weight is 272 g/mol. The molecule has 0 saturated carbocycles. The molecule has 0 bridgehead atoms. The monoisotopic (exact) mass is 272 g/mol. The first-order valence-electron chi connectivity index (χ1n) is 5.84. The van der Waals surface area contributed by atoms with E-state index in [9.17, 15) is 14.4 Å². The van der Waals surface area contributed by atoms with Gasteiger partial charge >= 0.3 is 5.97 Å². The normalized spacial score (nSPS) is 10.0. The van der Waals surface area contributed by atoms with E-state index < -0.39 is 5.97 Å². The van der Waals surface area contributed by atoms with Crippen LogP contribution in [-0.4, -0.2) is 21.6 Å². The first-order valence-corrected chi connectivity index (χ1v) is 5.84. The zero-order valence-electron chi connectivity index (χ0n) is 10.4. The van der Waals surface area contributed by atoms with E-state index in [-0.39, 0.29) is 23.4 Å². The van der Waals surface area contributed by atoms with Crippen LogP contribution < -0.4 is 10.7 Å². The molecular formula is C14H12N2O4. The van der Waals surface area contributed by atoms with Gasteiger partial charge in [-0.3, -0.25) is 9.59 Å². The number of carbonyl (C=O) groups is 2. The molecule has 2 N–H and O–H groups in total. The van der Waals surface area contributed by atoms with Crippen molar-refractivity contribution >= 4 is 17.6 Å². The highest BCUT2D eigenvalue weighted by molar-refractivity contribution is 5.92. The van der Waals surface area contributed by atoms with Gasteiger partial charge in [-0.1, -0.05) is 0 Å². The lowest BCUT2D eigenvalue weighted by Crippen LogP contribution is -2.19. The molecule has 0 spiro atoms. The number of nitrogens with one attached hydrogen (secondary N) is 1. The van der Waals surface area contributed by atoms with Crippen LogP contribution in [0.3, 0.4) is 0 Å². The van der Waals surface area contributed by atoms with Gasteiger partial charge in [-0.05, 0) is 24.3 Å². The number of rotatable bonds is 4. The molecule has 0 aliphatic carbocycles. The van der Waals surface area contributed by atoms with Gasteiger partial charge in [-0.2, -0.15) is 0 Å². The van der Waals surface area contributed by atoms with E-state index in [2.05, 4.69) is 5.32 Å². The first-order chi connectivity index (χ1) is 9.54. The lowest BCUT2D eigenvalue weighted by molar-refractivity contribution is -0.116. The molecule has 0 radical (unpaired) electrons. The summed E-state index contributed by atoms with van der Waals surface area (Å²) >= 11 is 0. The molecule has 2 aromatic rings. The van der Waals surface area contributed by atoms with Crippen LogP contribution in [0.4, 0.5) is 5.69 Å². The largest absolute Gasteiger partial charge is 0.478 e. The molecule has 1 amide bonds. The van der Waals surface area contributed by atoms with Crippen LogP contribution in [0.1, 0.15) is 10.4 Å². The topological polar surface area (TPSA) is 88.4 Å². The van der Waals surface area contributed by atoms with Crippen LogP contribution in [-0.2, 0) is 11.3 Å². The Morgan fingerprint density at radius 2 is 1.65 bits per heavy atom. The number of nitrogens with zero attached hydrogens (tertiary/aromatic N) is 1. The minimum atomic E-state index is -1.02. The zero-order chi connectivity index (χ0) is 14.5. The third-order valence-corrected chi connectivity index (χ3v) is 2.60. The third kappa shape index (κ3) is 3.55. The van der Waals surface area contributed by atoms with Crippen molar-refractivity contribution in [1.29, 1.82) is 0 Å². The Morgan fingerprint density at radius 3 is 2.20 bits per heavy atom. The summed E-state index contributed by atoms with van der Waals surface area (Å²) in [7, 11) is 0. The van der Waals surface area contributed by atoms with Gasteiger partial charge in [0.25, 0.3) is 0 Å². The molecule has 1 aromatic heterocycles. The highest BCUT2D eigenvalue weighted by atomic mass is 16.4. The molecule has 102 valence electrons. The predicted octanol–water partition coefficient (Wildman–Crippen LogP) is 1.19. The predicted molar refractivity (Wildman–Crippen MR) is 72.7 cm³/mol. The number of hydrogen-bond donors (Lipinski definition) is 2. The Kier molecular flexibility index (Phi) is 3.95. The smallest absolute Gasteiger partial charge is 0.335 e. The van der Waals surface area contributed by atoms with Crippen LogP contribution >= 0.6 is 0 Å². The number of hydrogen-bond acceptors (Lipinski definition) is 3. The number of carboxylic acid groups (broad SMARTS) is 1. The summed E-state index contributed by atoms with van der Waals surface area (Å²) in [5, 5.41) is 11.4. The maximum atomic E-state index is 11.8. The van der Waals surface area contributed by atoms with Gasteiger partial charge in [0.05, 0.1) is 5.56 Å². The van der Waals surface area contributed by atoms with Crippen LogP contribution in [0.5, 0.6) is 0 Å². The van der Waals surface area contributed by atoms with Gasteiger partial charge in [-0.25, -0.2) is 4.79 Å². The van der Waals surface area contributed by atoms with E-state index in [1.165, 1.54) is 48.8 Å². The molecule has 0 aliphatic heterocycles. The van der Waals surface area contributed by atoms with Crippen molar-refractivity contribution in [1.82, 2.24) is 4.57 Å². The Morgan fingerprint density at radius 1 is 1.05 bits per heavy atom. The van der Waals surface area contributed by atoms with Crippen molar-refractivity contribution in [2.24, 2.45) is 0 Å². The molecule has 0 unspecified atom stereocenters. The van der Waals surface area contributed by atoms with Crippen molar-refractivity contribution in [3.63, 3.8) is 0 Å². The number of aromatic nitrogens is 1. The van der Waals surface area contributed by atoms with Gasteiger partial charge in [0.2, 0.25) is 5.91 Å². The molecule has 0 fully saturated rings. The molecular weight excluding hydrogens is 260 g/mol. The summed E-state index contributed by atoms with van der Waals surface area (Å²) in [4.78, 5) is 33.4. The van der Waals surface area contributed by atoms with E-state index in [0.29, 0.717) is 5.69 Å². The first kappa shape index (κ1) is 13.5. The fourth-order valence-corrected chi connectivity index (χ4v) is 1.61. The number of pyridine rings is 1. The minimum absolute atomic E-state index is 0.0704. The second kappa shape index (κ2) is 5.83. The number of aromatic carboxylic acids is 1. The summed E-state index contributed by atoms with van der Waals surface area (Å²) in [6, 6.07) is 8.61. The quantitative estimate of drug-likeness (QED) is 0.874. The third-order valence-electron chi connectivity index (χ3n) is 2.60. The highest BCUT2D eigenvalue weighted by Crippen LogP contribution is 2.09. The summed E-state index contributed by atoms with van der Waals surface area (Å²) in [5.41, 5.74) is 0.551. The van der Waals surface area contributed by atoms with Gasteiger partial charge in [-0.15, -0.1) is 0 Å². The van der Waals surface area contributed by atoms with Crippen molar-refractivity contribution in [3.05, 3.63) is 64.6 Å². The Labute approximate surface area is 114 Å². The van der Waals surface area contributed by atoms with E-state index in [1.54, 1.807) is 4.57 Å². The minimum Gasteiger partial charge on any atom is -0.478 e. The molecule has 6 nitrogen and oxygen atoms in total. The highest BCUT2D eigenvalue weighted by Gasteiger charge is 2.05. The molecule has 6 heteroatoms. The van der Waals surface area contributed by atoms with Gasteiger partial charge < -0.3 is 15.0 Å². The fourth-order valence-electron chi connectivity index (χ4n) is 1.61. The maximum absolute atomic E-state index is 11.8. The van der Waals surface area contributed by atoms with Crippen LogP contribution in [0.25, 0.3) is 0 Å².